The molecular weight excluding hydrogens is 251 g/mol. The maximum absolute atomic E-state index is 12.8. The van der Waals surface area contributed by atoms with E-state index in [1.807, 2.05) is 0 Å². The number of carbonyl (C=O) groups is 1. The molecule has 0 atom stereocenters. The molecule has 0 N–H and O–H groups in total. The highest BCUT2D eigenvalue weighted by atomic mass is 35.5. The lowest BCUT2D eigenvalue weighted by molar-refractivity contribution is -0.140. The molecule has 0 heterocycles. The Bertz CT molecular complexity index is 371. The molecule has 2 nitrogen and oxygen atoms in total. The SMILES string of the molecule is COC(=O)CCCSc1ccc(F)c(Cl)c1. The maximum Gasteiger partial charge on any atom is 0.305 e. The van der Waals surface area contributed by atoms with Gasteiger partial charge in [0, 0.05) is 11.3 Å². The molecule has 0 aromatic heterocycles. The molecule has 0 bridgehead atoms. The molecule has 1 aromatic carbocycles. The third kappa shape index (κ3) is 4.41. The van der Waals surface area contributed by atoms with E-state index in [1.165, 1.54) is 24.9 Å². The summed E-state index contributed by atoms with van der Waals surface area (Å²) in [5.74, 6) is 0.148. The van der Waals surface area contributed by atoms with Crippen LogP contribution in [0.4, 0.5) is 4.39 Å². The minimum Gasteiger partial charge on any atom is -0.469 e. The second kappa shape index (κ2) is 6.76. The van der Waals surface area contributed by atoms with Gasteiger partial charge in [-0.25, -0.2) is 4.39 Å². The molecule has 0 spiro atoms. The summed E-state index contributed by atoms with van der Waals surface area (Å²) < 4.78 is 17.4. The fourth-order valence-electron chi connectivity index (χ4n) is 1.08. The van der Waals surface area contributed by atoms with Crippen molar-refractivity contribution in [2.24, 2.45) is 0 Å². The Kier molecular flexibility index (Phi) is 5.63. The highest BCUT2D eigenvalue weighted by Crippen LogP contribution is 2.24. The first-order chi connectivity index (χ1) is 7.63. The number of esters is 1. The van der Waals surface area contributed by atoms with Gasteiger partial charge in [-0.05, 0) is 30.4 Å². The molecule has 0 saturated carbocycles. The summed E-state index contributed by atoms with van der Waals surface area (Å²) in [4.78, 5) is 11.7. The topological polar surface area (TPSA) is 26.3 Å². The van der Waals surface area contributed by atoms with Crippen molar-refractivity contribution in [2.75, 3.05) is 12.9 Å². The number of rotatable bonds is 5. The Morgan fingerprint density at radius 2 is 2.31 bits per heavy atom. The second-order valence-corrected chi connectivity index (χ2v) is 4.68. The van der Waals surface area contributed by atoms with Crippen molar-refractivity contribution in [1.29, 1.82) is 0 Å². The summed E-state index contributed by atoms with van der Waals surface area (Å²) in [6.45, 7) is 0. The average Bonchev–Trinajstić information content (AvgIpc) is 2.28. The number of hydrogen-bond donors (Lipinski definition) is 0. The molecular formula is C11H12ClFO2S. The average molecular weight is 263 g/mol. The quantitative estimate of drug-likeness (QED) is 0.461. The van der Waals surface area contributed by atoms with E-state index in [1.54, 1.807) is 12.1 Å². The van der Waals surface area contributed by atoms with Crippen molar-refractivity contribution >= 4 is 29.3 Å². The van der Waals surface area contributed by atoms with E-state index in [4.69, 9.17) is 11.6 Å². The van der Waals surface area contributed by atoms with Crippen molar-refractivity contribution in [3.63, 3.8) is 0 Å². The van der Waals surface area contributed by atoms with Crippen molar-refractivity contribution < 1.29 is 13.9 Å². The molecule has 16 heavy (non-hydrogen) atoms. The number of thioether (sulfide) groups is 1. The van der Waals surface area contributed by atoms with Crippen LogP contribution in [-0.2, 0) is 9.53 Å². The molecule has 0 unspecified atom stereocenters. The van der Waals surface area contributed by atoms with Gasteiger partial charge in [0.05, 0.1) is 12.1 Å². The van der Waals surface area contributed by atoms with E-state index < -0.39 is 5.82 Å². The first-order valence-corrected chi connectivity index (χ1v) is 6.14. The van der Waals surface area contributed by atoms with Crippen LogP contribution >= 0.6 is 23.4 Å². The van der Waals surface area contributed by atoms with Crippen LogP contribution in [0.2, 0.25) is 5.02 Å². The number of carbonyl (C=O) groups excluding carboxylic acids is 1. The van der Waals surface area contributed by atoms with Gasteiger partial charge < -0.3 is 4.74 Å². The van der Waals surface area contributed by atoms with E-state index in [0.717, 1.165) is 17.1 Å². The molecule has 0 amide bonds. The van der Waals surface area contributed by atoms with Crippen molar-refractivity contribution in [3.8, 4) is 0 Å². The van der Waals surface area contributed by atoms with Crippen LogP contribution in [0, 0.1) is 5.82 Å². The summed E-state index contributed by atoms with van der Waals surface area (Å²) in [5, 5.41) is 0.123. The monoisotopic (exact) mass is 262 g/mol. The second-order valence-electron chi connectivity index (χ2n) is 3.10. The molecule has 0 aliphatic carbocycles. The zero-order valence-corrected chi connectivity index (χ0v) is 10.4. The van der Waals surface area contributed by atoms with Gasteiger partial charge in [-0.2, -0.15) is 0 Å². The number of ether oxygens (including phenoxy) is 1. The van der Waals surface area contributed by atoms with E-state index in [0.29, 0.717) is 6.42 Å². The Morgan fingerprint density at radius 3 is 2.94 bits per heavy atom. The number of methoxy groups -OCH3 is 1. The standard InChI is InChI=1S/C11H12ClFO2S/c1-15-11(14)3-2-6-16-8-4-5-10(13)9(12)7-8/h4-5,7H,2-3,6H2,1H3. The summed E-state index contributed by atoms with van der Waals surface area (Å²) >= 11 is 7.17. The summed E-state index contributed by atoms with van der Waals surface area (Å²) in [6.07, 6.45) is 1.13. The highest BCUT2D eigenvalue weighted by Gasteiger charge is 2.03. The first-order valence-electron chi connectivity index (χ1n) is 4.78. The Labute approximate surface area is 103 Å². The minimum absolute atomic E-state index is 0.123. The Morgan fingerprint density at radius 1 is 1.56 bits per heavy atom. The van der Waals surface area contributed by atoms with Gasteiger partial charge in [0.1, 0.15) is 5.82 Å². The molecule has 0 radical (unpaired) electrons. The minimum atomic E-state index is -0.416. The molecule has 0 saturated heterocycles. The molecule has 1 rings (SSSR count). The van der Waals surface area contributed by atoms with E-state index >= 15 is 0 Å². The fourth-order valence-corrected chi connectivity index (χ4v) is 2.21. The number of halogens is 2. The predicted octanol–water partition coefficient (Wildman–Crippen LogP) is 3.52. The van der Waals surface area contributed by atoms with Crippen LogP contribution in [0.1, 0.15) is 12.8 Å². The van der Waals surface area contributed by atoms with Crippen LogP contribution < -0.4 is 0 Å². The molecule has 0 aliphatic rings. The summed E-state index contributed by atoms with van der Waals surface area (Å²) in [5.41, 5.74) is 0. The third-order valence-corrected chi connectivity index (χ3v) is 3.28. The normalized spacial score (nSPS) is 10.2. The van der Waals surface area contributed by atoms with E-state index in [9.17, 15) is 9.18 Å². The first kappa shape index (κ1) is 13.3. The lowest BCUT2D eigenvalue weighted by Gasteiger charge is -2.02. The van der Waals surface area contributed by atoms with Crippen molar-refractivity contribution in [2.45, 2.75) is 17.7 Å². The largest absolute Gasteiger partial charge is 0.469 e. The van der Waals surface area contributed by atoms with Gasteiger partial charge >= 0.3 is 5.97 Å². The smallest absolute Gasteiger partial charge is 0.305 e. The predicted molar refractivity (Wildman–Crippen MR) is 63.4 cm³/mol. The maximum atomic E-state index is 12.8. The molecule has 88 valence electrons. The van der Waals surface area contributed by atoms with Crippen LogP contribution in [0.25, 0.3) is 0 Å². The van der Waals surface area contributed by atoms with Crippen molar-refractivity contribution in [1.82, 2.24) is 0 Å². The van der Waals surface area contributed by atoms with Crippen LogP contribution in [0.5, 0.6) is 0 Å². The van der Waals surface area contributed by atoms with Crippen LogP contribution in [0.15, 0.2) is 23.1 Å². The van der Waals surface area contributed by atoms with Gasteiger partial charge in [0.2, 0.25) is 0 Å². The molecule has 5 heteroatoms. The number of benzene rings is 1. The van der Waals surface area contributed by atoms with Gasteiger partial charge in [0.25, 0.3) is 0 Å². The Hall–Kier alpha value is -0.740. The molecule has 1 aromatic rings. The summed E-state index contributed by atoms with van der Waals surface area (Å²) in [6, 6.07) is 4.59. The van der Waals surface area contributed by atoms with E-state index in [-0.39, 0.29) is 11.0 Å². The van der Waals surface area contributed by atoms with Gasteiger partial charge in [-0.15, -0.1) is 11.8 Å². The lowest BCUT2D eigenvalue weighted by Crippen LogP contribution is -1.99. The van der Waals surface area contributed by atoms with Crippen LogP contribution in [-0.4, -0.2) is 18.8 Å². The lowest BCUT2D eigenvalue weighted by atomic mass is 10.3. The van der Waals surface area contributed by atoms with Gasteiger partial charge in [-0.3, -0.25) is 4.79 Å². The third-order valence-electron chi connectivity index (χ3n) is 1.91. The Balaban J connectivity index is 2.32. The molecule has 0 fully saturated rings. The van der Waals surface area contributed by atoms with Gasteiger partial charge in [-0.1, -0.05) is 11.6 Å². The van der Waals surface area contributed by atoms with E-state index in [2.05, 4.69) is 4.74 Å². The van der Waals surface area contributed by atoms with Crippen molar-refractivity contribution in [3.05, 3.63) is 29.0 Å². The fraction of sp³-hybridized carbons (Fsp3) is 0.364. The highest BCUT2D eigenvalue weighted by molar-refractivity contribution is 7.99. The van der Waals surface area contributed by atoms with Gasteiger partial charge in [0.15, 0.2) is 0 Å². The number of hydrogen-bond acceptors (Lipinski definition) is 3. The van der Waals surface area contributed by atoms with Crippen LogP contribution in [0.3, 0.4) is 0 Å². The zero-order chi connectivity index (χ0) is 12.0. The summed E-state index contributed by atoms with van der Waals surface area (Å²) in [7, 11) is 1.37. The molecule has 0 aliphatic heterocycles. The zero-order valence-electron chi connectivity index (χ0n) is 8.83.